The van der Waals surface area contributed by atoms with E-state index in [1.165, 1.54) is 12.1 Å². The second-order valence-corrected chi connectivity index (χ2v) is 5.15. The van der Waals surface area contributed by atoms with E-state index in [1.54, 1.807) is 6.07 Å². The Bertz CT molecular complexity index is 401. The molecule has 0 aliphatic carbocycles. The minimum Gasteiger partial charge on any atom is -0.314 e. The fourth-order valence-corrected chi connectivity index (χ4v) is 2.67. The number of nitrogens with one attached hydrogen (secondary N) is 1. The SMILES string of the molecule is CC(C)C(c1ccc(F)c(F)c1)N1CCNCC1. The number of hydrogen-bond donors (Lipinski definition) is 1. The highest BCUT2D eigenvalue weighted by atomic mass is 19.2. The van der Waals surface area contributed by atoms with E-state index in [9.17, 15) is 8.78 Å². The van der Waals surface area contributed by atoms with Gasteiger partial charge in [-0.05, 0) is 23.6 Å². The Morgan fingerprint density at radius 3 is 2.33 bits per heavy atom. The largest absolute Gasteiger partial charge is 0.314 e. The summed E-state index contributed by atoms with van der Waals surface area (Å²) in [4.78, 5) is 2.34. The van der Waals surface area contributed by atoms with E-state index in [4.69, 9.17) is 0 Å². The zero-order valence-corrected chi connectivity index (χ0v) is 10.9. The molecule has 1 aliphatic heterocycles. The molecular formula is C14H20F2N2. The molecule has 1 N–H and O–H groups in total. The van der Waals surface area contributed by atoms with Gasteiger partial charge in [0.2, 0.25) is 0 Å². The fraction of sp³-hybridized carbons (Fsp3) is 0.571. The van der Waals surface area contributed by atoms with Crippen LogP contribution in [0.4, 0.5) is 8.78 Å². The van der Waals surface area contributed by atoms with Crippen LogP contribution in [0.5, 0.6) is 0 Å². The molecule has 0 radical (unpaired) electrons. The van der Waals surface area contributed by atoms with E-state index in [0.29, 0.717) is 5.92 Å². The zero-order chi connectivity index (χ0) is 13.1. The number of rotatable bonds is 3. The molecule has 2 rings (SSSR count). The van der Waals surface area contributed by atoms with Gasteiger partial charge in [0.15, 0.2) is 11.6 Å². The third-order valence-electron chi connectivity index (χ3n) is 3.46. The van der Waals surface area contributed by atoms with Crippen molar-refractivity contribution < 1.29 is 8.78 Å². The molecule has 100 valence electrons. The van der Waals surface area contributed by atoms with Gasteiger partial charge in [0.05, 0.1) is 0 Å². The number of hydrogen-bond acceptors (Lipinski definition) is 2. The van der Waals surface area contributed by atoms with E-state index in [0.717, 1.165) is 31.7 Å². The van der Waals surface area contributed by atoms with Crippen molar-refractivity contribution in [1.29, 1.82) is 0 Å². The molecule has 1 aromatic rings. The third kappa shape index (κ3) is 2.87. The van der Waals surface area contributed by atoms with Crippen molar-refractivity contribution in [3.8, 4) is 0 Å². The predicted octanol–water partition coefficient (Wildman–Crippen LogP) is 2.57. The molecule has 1 aliphatic rings. The maximum atomic E-state index is 13.4. The molecule has 18 heavy (non-hydrogen) atoms. The molecule has 0 saturated carbocycles. The van der Waals surface area contributed by atoms with Gasteiger partial charge in [0, 0.05) is 32.2 Å². The molecule has 0 amide bonds. The first-order chi connectivity index (χ1) is 8.59. The molecule has 1 saturated heterocycles. The van der Waals surface area contributed by atoms with E-state index in [2.05, 4.69) is 24.1 Å². The molecule has 0 aromatic heterocycles. The predicted molar refractivity (Wildman–Crippen MR) is 68.4 cm³/mol. The summed E-state index contributed by atoms with van der Waals surface area (Å²) in [6, 6.07) is 4.41. The Morgan fingerprint density at radius 1 is 1.11 bits per heavy atom. The van der Waals surface area contributed by atoms with Crippen molar-refractivity contribution in [2.75, 3.05) is 26.2 Å². The van der Waals surface area contributed by atoms with E-state index < -0.39 is 11.6 Å². The third-order valence-corrected chi connectivity index (χ3v) is 3.46. The first-order valence-corrected chi connectivity index (χ1v) is 6.49. The average Bonchev–Trinajstić information content (AvgIpc) is 2.35. The minimum atomic E-state index is -0.776. The lowest BCUT2D eigenvalue weighted by atomic mass is 9.93. The first-order valence-electron chi connectivity index (χ1n) is 6.49. The quantitative estimate of drug-likeness (QED) is 0.892. The Kier molecular flexibility index (Phi) is 4.30. The van der Waals surface area contributed by atoms with Gasteiger partial charge in [-0.1, -0.05) is 19.9 Å². The lowest BCUT2D eigenvalue weighted by Crippen LogP contribution is -2.46. The first kappa shape index (κ1) is 13.4. The Hall–Kier alpha value is -1.00. The molecule has 4 heteroatoms. The van der Waals surface area contributed by atoms with Crippen LogP contribution in [0.1, 0.15) is 25.5 Å². The summed E-state index contributed by atoms with van der Waals surface area (Å²) >= 11 is 0. The highest BCUT2D eigenvalue weighted by Gasteiger charge is 2.25. The van der Waals surface area contributed by atoms with Gasteiger partial charge >= 0.3 is 0 Å². The maximum absolute atomic E-state index is 13.4. The molecule has 1 atom stereocenters. The Morgan fingerprint density at radius 2 is 1.78 bits per heavy atom. The molecule has 1 aromatic carbocycles. The Labute approximate surface area is 107 Å². The topological polar surface area (TPSA) is 15.3 Å². The van der Waals surface area contributed by atoms with E-state index >= 15 is 0 Å². The van der Waals surface area contributed by atoms with Crippen LogP contribution in [0.3, 0.4) is 0 Å². The van der Waals surface area contributed by atoms with Gasteiger partial charge in [-0.3, -0.25) is 4.90 Å². The summed E-state index contributed by atoms with van der Waals surface area (Å²) in [5.41, 5.74) is 0.866. The van der Waals surface area contributed by atoms with Gasteiger partial charge < -0.3 is 5.32 Å². The highest BCUT2D eigenvalue weighted by molar-refractivity contribution is 5.22. The molecule has 0 bridgehead atoms. The number of nitrogens with zero attached hydrogens (tertiary/aromatic N) is 1. The van der Waals surface area contributed by atoms with Gasteiger partial charge in [0.1, 0.15) is 0 Å². The standard InChI is InChI=1S/C14H20F2N2/c1-10(2)14(18-7-5-17-6-8-18)11-3-4-12(15)13(16)9-11/h3-4,9-10,14,17H,5-8H2,1-2H3. The molecule has 1 heterocycles. The minimum absolute atomic E-state index is 0.155. The molecule has 0 spiro atoms. The van der Waals surface area contributed by atoms with Crippen LogP contribution in [0.25, 0.3) is 0 Å². The fourth-order valence-electron chi connectivity index (χ4n) is 2.67. The van der Waals surface area contributed by atoms with E-state index in [1.807, 2.05) is 0 Å². The number of piperazine rings is 1. The summed E-state index contributed by atoms with van der Waals surface area (Å²) in [7, 11) is 0. The summed E-state index contributed by atoms with van der Waals surface area (Å²) in [6.45, 7) is 8.03. The zero-order valence-electron chi connectivity index (χ0n) is 10.9. The van der Waals surface area contributed by atoms with Crippen LogP contribution in [0.2, 0.25) is 0 Å². The van der Waals surface area contributed by atoms with E-state index in [-0.39, 0.29) is 6.04 Å². The van der Waals surface area contributed by atoms with Gasteiger partial charge in [-0.2, -0.15) is 0 Å². The monoisotopic (exact) mass is 254 g/mol. The van der Waals surface area contributed by atoms with Crippen LogP contribution in [0.15, 0.2) is 18.2 Å². The van der Waals surface area contributed by atoms with Crippen molar-refractivity contribution in [1.82, 2.24) is 10.2 Å². The normalized spacial score (nSPS) is 19.2. The van der Waals surface area contributed by atoms with Gasteiger partial charge in [0.25, 0.3) is 0 Å². The van der Waals surface area contributed by atoms with Crippen LogP contribution >= 0.6 is 0 Å². The lowest BCUT2D eigenvalue weighted by Gasteiger charge is -2.37. The second-order valence-electron chi connectivity index (χ2n) is 5.15. The van der Waals surface area contributed by atoms with Gasteiger partial charge in [-0.15, -0.1) is 0 Å². The van der Waals surface area contributed by atoms with Crippen molar-refractivity contribution >= 4 is 0 Å². The summed E-state index contributed by atoms with van der Waals surface area (Å²) in [5.74, 6) is -1.16. The van der Waals surface area contributed by atoms with Crippen LogP contribution in [0, 0.1) is 17.6 Å². The van der Waals surface area contributed by atoms with Crippen molar-refractivity contribution in [2.24, 2.45) is 5.92 Å². The van der Waals surface area contributed by atoms with Gasteiger partial charge in [-0.25, -0.2) is 8.78 Å². The van der Waals surface area contributed by atoms with Crippen LogP contribution < -0.4 is 5.32 Å². The van der Waals surface area contributed by atoms with Crippen LogP contribution in [-0.2, 0) is 0 Å². The lowest BCUT2D eigenvalue weighted by molar-refractivity contribution is 0.137. The molecular weight excluding hydrogens is 234 g/mol. The average molecular weight is 254 g/mol. The summed E-state index contributed by atoms with van der Waals surface area (Å²) < 4.78 is 26.4. The number of benzene rings is 1. The summed E-state index contributed by atoms with van der Waals surface area (Å²) in [5, 5.41) is 3.30. The molecule has 1 unspecified atom stereocenters. The second kappa shape index (κ2) is 5.76. The van der Waals surface area contributed by atoms with Crippen molar-refractivity contribution in [3.63, 3.8) is 0 Å². The smallest absolute Gasteiger partial charge is 0.159 e. The van der Waals surface area contributed by atoms with Crippen LogP contribution in [-0.4, -0.2) is 31.1 Å². The summed E-state index contributed by atoms with van der Waals surface area (Å²) in [6.07, 6.45) is 0. The molecule has 2 nitrogen and oxygen atoms in total. The number of halogens is 2. The van der Waals surface area contributed by atoms with Crippen molar-refractivity contribution in [3.05, 3.63) is 35.4 Å². The van der Waals surface area contributed by atoms with Crippen molar-refractivity contribution in [2.45, 2.75) is 19.9 Å². The maximum Gasteiger partial charge on any atom is 0.159 e. The Balaban J connectivity index is 2.25. The highest BCUT2D eigenvalue weighted by Crippen LogP contribution is 2.29. The molecule has 1 fully saturated rings.